The smallest absolute Gasteiger partial charge is 0.143 e. The van der Waals surface area contributed by atoms with Gasteiger partial charge < -0.3 is 4.57 Å². The van der Waals surface area contributed by atoms with Gasteiger partial charge in [0, 0.05) is 25.4 Å². The lowest BCUT2D eigenvalue weighted by Gasteiger charge is -2.33. The Hall–Kier alpha value is -1.12. The van der Waals surface area contributed by atoms with Crippen molar-refractivity contribution in [2.24, 2.45) is 18.4 Å². The van der Waals surface area contributed by atoms with Crippen LogP contribution in [0.2, 0.25) is 0 Å². The highest BCUT2D eigenvalue weighted by Crippen LogP contribution is 2.38. The summed E-state index contributed by atoms with van der Waals surface area (Å²) in [6, 6.07) is 0. The number of hydrogen-bond acceptors (Lipinski definition) is 2. The number of carbonyl (C=O) groups excluding carboxylic acids is 1. The second kappa shape index (κ2) is 4.63. The summed E-state index contributed by atoms with van der Waals surface area (Å²) >= 11 is 0. The van der Waals surface area contributed by atoms with Crippen molar-refractivity contribution in [3.63, 3.8) is 0 Å². The summed E-state index contributed by atoms with van der Waals surface area (Å²) in [4.78, 5) is 16.4. The number of ketones is 1. The van der Waals surface area contributed by atoms with Gasteiger partial charge >= 0.3 is 0 Å². The van der Waals surface area contributed by atoms with Gasteiger partial charge in [-0.1, -0.05) is 13.8 Å². The van der Waals surface area contributed by atoms with E-state index in [-0.39, 0.29) is 5.92 Å². The van der Waals surface area contributed by atoms with Crippen LogP contribution in [0.15, 0.2) is 12.4 Å². The molecule has 1 aromatic heterocycles. The van der Waals surface area contributed by atoms with Gasteiger partial charge in [-0.2, -0.15) is 0 Å². The van der Waals surface area contributed by atoms with Gasteiger partial charge in [0.15, 0.2) is 0 Å². The van der Waals surface area contributed by atoms with Crippen molar-refractivity contribution >= 4 is 5.78 Å². The van der Waals surface area contributed by atoms with Gasteiger partial charge in [-0.05, 0) is 31.1 Å². The van der Waals surface area contributed by atoms with E-state index in [1.807, 2.05) is 17.8 Å². The third-order valence-corrected chi connectivity index (χ3v) is 4.05. The maximum Gasteiger partial charge on any atom is 0.143 e. The summed E-state index contributed by atoms with van der Waals surface area (Å²) < 4.78 is 1.94. The van der Waals surface area contributed by atoms with Crippen LogP contribution in [0.3, 0.4) is 0 Å². The molecule has 94 valence electrons. The SMILES string of the molecule is Cn1ccnc1CC(=O)C1CCC(C)(C)CC1. The van der Waals surface area contributed by atoms with Crippen molar-refractivity contribution < 1.29 is 4.79 Å². The number of rotatable bonds is 3. The summed E-state index contributed by atoms with van der Waals surface area (Å²) in [6.07, 6.45) is 8.59. The minimum absolute atomic E-state index is 0.264. The van der Waals surface area contributed by atoms with E-state index >= 15 is 0 Å². The molecule has 0 spiro atoms. The van der Waals surface area contributed by atoms with Crippen molar-refractivity contribution in [3.8, 4) is 0 Å². The predicted octanol–water partition coefficient (Wildman–Crippen LogP) is 2.75. The summed E-state index contributed by atoms with van der Waals surface area (Å²) in [5.74, 6) is 1.52. The molecule has 0 aromatic carbocycles. The van der Waals surface area contributed by atoms with Crippen LogP contribution in [0, 0.1) is 11.3 Å². The second-order valence-electron chi connectivity index (χ2n) is 6.04. The van der Waals surface area contributed by atoms with E-state index in [0.29, 0.717) is 17.6 Å². The Morgan fingerprint density at radius 2 is 2.12 bits per heavy atom. The normalized spacial score (nSPS) is 20.4. The number of Topliss-reactive ketones (excluding diaryl/α,β-unsaturated/α-hetero) is 1. The fourth-order valence-electron chi connectivity index (χ4n) is 2.59. The molecule has 3 heteroatoms. The van der Waals surface area contributed by atoms with Gasteiger partial charge in [0.1, 0.15) is 11.6 Å². The molecule has 2 rings (SSSR count). The summed E-state index contributed by atoms with van der Waals surface area (Å²) in [6.45, 7) is 4.60. The molecule has 0 saturated heterocycles. The number of imidazole rings is 1. The first-order valence-corrected chi connectivity index (χ1v) is 6.47. The van der Waals surface area contributed by atoms with Gasteiger partial charge in [0.05, 0.1) is 6.42 Å². The maximum atomic E-state index is 12.2. The predicted molar refractivity (Wildman–Crippen MR) is 67.7 cm³/mol. The van der Waals surface area contributed by atoms with Crippen molar-refractivity contribution in [1.82, 2.24) is 9.55 Å². The summed E-state index contributed by atoms with van der Waals surface area (Å²) in [7, 11) is 1.94. The molecule has 1 aromatic rings. The molecular formula is C14H22N2O. The third kappa shape index (κ3) is 2.96. The van der Waals surface area contributed by atoms with Gasteiger partial charge in [0.25, 0.3) is 0 Å². The lowest BCUT2D eigenvalue weighted by Crippen LogP contribution is -2.27. The minimum Gasteiger partial charge on any atom is -0.338 e. The van der Waals surface area contributed by atoms with Gasteiger partial charge in [-0.15, -0.1) is 0 Å². The molecule has 1 saturated carbocycles. The van der Waals surface area contributed by atoms with Crippen LogP contribution in [0.5, 0.6) is 0 Å². The standard InChI is InChI=1S/C14H22N2O/c1-14(2)6-4-11(5-7-14)12(17)10-13-15-8-9-16(13)3/h8-9,11H,4-7,10H2,1-3H3. The Bertz CT molecular complexity index is 396. The Morgan fingerprint density at radius 3 is 2.65 bits per heavy atom. The molecule has 0 bridgehead atoms. The highest BCUT2D eigenvalue weighted by atomic mass is 16.1. The van der Waals surface area contributed by atoms with E-state index in [1.54, 1.807) is 6.20 Å². The zero-order valence-corrected chi connectivity index (χ0v) is 11.1. The van der Waals surface area contributed by atoms with E-state index in [1.165, 1.54) is 12.8 Å². The number of hydrogen-bond donors (Lipinski definition) is 0. The van der Waals surface area contributed by atoms with E-state index < -0.39 is 0 Å². The molecule has 0 N–H and O–H groups in total. The number of aromatic nitrogens is 2. The van der Waals surface area contributed by atoms with Crippen LogP contribution in [0.4, 0.5) is 0 Å². The van der Waals surface area contributed by atoms with Crippen molar-refractivity contribution in [3.05, 3.63) is 18.2 Å². The first-order chi connectivity index (χ1) is 7.98. The first-order valence-electron chi connectivity index (χ1n) is 6.47. The van der Waals surface area contributed by atoms with Gasteiger partial charge in [-0.25, -0.2) is 4.98 Å². The molecule has 1 aliphatic carbocycles. The molecule has 1 fully saturated rings. The van der Waals surface area contributed by atoms with Crippen molar-refractivity contribution in [2.45, 2.75) is 46.0 Å². The van der Waals surface area contributed by atoms with Gasteiger partial charge in [-0.3, -0.25) is 4.79 Å². The molecule has 0 unspecified atom stereocenters. The Balaban J connectivity index is 1.92. The van der Waals surface area contributed by atoms with Crippen molar-refractivity contribution in [2.75, 3.05) is 0 Å². The monoisotopic (exact) mass is 234 g/mol. The van der Waals surface area contributed by atoms with Crippen molar-refractivity contribution in [1.29, 1.82) is 0 Å². The molecule has 0 amide bonds. The fraction of sp³-hybridized carbons (Fsp3) is 0.714. The van der Waals surface area contributed by atoms with Crippen LogP contribution in [0.25, 0.3) is 0 Å². The molecule has 1 aliphatic rings. The first kappa shape index (κ1) is 12.3. The Kier molecular flexibility index (Phi) is 3.36. The average molecular weight is 234 g/mol. The highest BCUT2D eigenvalue weighted by Gasteiger charge is 2.30. The number of aryl methyl sites for hydroxylation is 1. The molecule has 0 radical (unpaired) electrons. The number of carbonyl (C=O) groups is 1. The molecule has 0 atom stereocenters. The van der Waals surface area contributed by atoms with E-state index in [2.05, 4.69) is 18.8 Å². The molecule has 3 nitrogen and oxygen atoms in total. The fourth-order valence-corrected chi connectivity index (χ4v) is 2.59. The second-order valence-corrected chi connectivity index (χ2v) is 6.04. The van der Waals surface area contributed by atoms with E-state index in [0.717, 1.165) is 18.7 Å². The van der Waals surface area contributed by atoms with Crippen LogP contribution in [-0.2, 0) is 18.3 Å². The zero-order chi connectivity index (χ0) is 12.5. The van der Waals surface area contributed by atoms with E-state index in [4.69, 9.17) is 0 Å². The topological polar surface area (TPSA) is 34.9 Å². The zero-order valence-electron chi connectivity index (χ0n) is 11.1. The summed E-state index contributed by atoms with van der Waals surface area (Å²) in [5, 5.41) is 0. The molecule has 17 heavy (non-hydrogen) atoms. The lowest BCUT2D eigenvalue weighted by molar-refractivity contribution is -0.123. The average Bonchev–Trinajstić information content (AvgIpc) is 2.64. The van der Waals surface area contributed by atoms with Crippen LogP contribution in [-0.4, -0.2) is 15.3 Å². The van der Waals surface area contributed by atoms with Crippen LogP contribution < -0.4 is 0 Å². The lowest BCUT2D eigenvalue weighted by atomic mass is 9.72. The molecule has 0 aliphatic heterocycles. The van der Waals surface area contributed by atoms with E-state index in [9.17, 15) is 4.79 Å². The summed E-state index contributed by atoms with van der Waals surface area (Å²) in [5.41, 5.74) is 0.431. The highest BCUT2D eigenvalue weighted by molar-refractivity contribution is 5.82. The van der Waals surface area contributed by atoms with Crippen LogP contribution in [0.1, 0.15) is 45.4 Å². The van der Waals surface area contributed by atoms with Gasteiger partial charge in [0.2, 0.25) is 0 Å². The molecular weight excluding hydrogens is 212 g/mol. The maximum absolute atomic E-state index is 12.2. The largest absolute Gasteiger partial charge is 0.338 e. The van der Waals surface area contributed by atoms with Crippen LogP contribution >= 0.6 is 0 Å². The number of nitrogens with zero attached hydrogens (tertiary/aromatic N) is 2. The molecule has 1 heterocycles. The third-order valence-electron chi connectivity index (χ3n) is 4.05. The minimum atomic E-state index is 0.264. The quantitative estimate of drug-likeness (QED) is 0.806. The Morgan fingerprint density at radius 1 is 1.47 bits per heavy atom. The Labute approximate surface area is 103 Å².